The Morgan fingerprint density at radius 2 is 2.12 bits per heavy atom. The number of carbonyl (C=O) groups is 1. The second-order valence-corrected chi connectivity index (χ2v) is 3.97. The van der Waals surface area contributed by atoms with E-state index in [2.05, 4.69) is 28.2 Å². The van der Waals surface area contributed by atoms with Crippen molar-refractivity contribution in [1.29, 1.82) is 0 Å². The summed E-state index contributed by atoms with van der Waals surface area (Å²) in [6.07, 6.45) is 3.71. The molecular formula is C10H11N3O2S. The van der Waals surface area contributed by atoms with Crippen molar-refractivity contribution in [3.05, 3.63) is 46.0 Å². The minimum atomic E-state index is -0.341. The van der Waals surface area contributed by atoms with Crippen LogP contribution in [0.4, 0.5) is 0 Å². The zero-order chi connectivity index (χ0) is 11.5. The number of aromatic amines is 1. The Hall–Kier alpha value is -1.69. The molecule has 1 amide bonds. The highest BCUT2D eigenvalue weighted by Crippen LogP contribution is 2.08. The molecule has 84 valence electrons. The molecule has 0 spiro atoms. The van der Waals surface area contributed by atoms with Crippen molar-refractivity contribution in [2.24, 2.45) is 0 Å². The number of aromatic nitrogens is 1. The van der Waals surface area contributed by atoms with Crippen LogP contribution in [-0.2, 0) is 11.2 Å². The van der Waals surface area contributed by atoms with Crippen LogP contribution in [0, 0.1) is 0 Å². The maximum atomic E-state index is 11.5. The second kappa shape index (κ2) is 4.44. The van der Waals surface area contributed by atoms with Crippen molar-refractivity contribution in [3.63, 3.8) is 0 Å². The van der Waals surface area contributed by atoms with Crippen LogP contribution in [-0.4, -0.2) is 16.4 Å². The summed E-state index contributed by atoms with van der Waals surface area (Å²) in [6.45, 7) is 0. The summed E-state index contributed by atoms with van der Waals surface area (Å²) in [5.74, 6) is -0.148. The highest BCUT2D eigenvalue weighted by atomic mass is 32.1. The summed E-state index contributed by atoms with van der Waals surface area (Å²) in [6, 6.07) is 3.13. The van der Waals surface area contributed by atoms with Crippen LogP contribution < -0.4 is 16.2 Å². The first-order valence-corrected chi connectivity index (χ1v) is 5.28. The van der Waals surface area contributed by atoms with Crippen LogP contribution in [0.15, 0.2) is 34.9 Å². The highest BCUT2D eigenvalue weighted by Gasteiger charge is 2.17. The zero-order valence-electron chi connectivity index (χ0n) is 8.36. The van der Waals surface area contributed by atoms with Crippen molar-refractivity contribution in [2.45, 2.75) is 11.9 Å². The van der Waals surface area contributed by atoms with Gasteiger partial charge in [0.05, 0.1) is 0 Å². The van der Waals surface area contributed by atoms with Crippen LogP contribution in [0.3, 0.4) is 0 Å². The Morgan fingerprint density at radius 3 is 2.75 bits per heavy atom. The third-order valence-electron chi connectivity index (χ3n) is 2.22. The van der Waals surface area contributed by atoms with Crippen molar-refractivity contribution >= 4 is 18.5 Å². The summed E-state index contributed by atoms with van der Waals surface area (Å²) in [4.78, 5) is 24.9. The SMILES string of the molecule is O=C1NC(S)NC=C1Cc1ccc(=O)[nH]c1. The van der Waals surface area contributed by atoms with Gasteiger partial charge in [-0.15, -0.1) is 12.6 Å². The monoisotopic (exact) mass is 237 g/mol. The topological polar surface area (TPSA) is 74.0 Å². The number of hydrogen-bond donors (Lipinski definition) is 4. The molecule has 2 heterocycles. The lowest BCUT2D eigenvalue weighted by atomic mass is 10.1. The molecule has 0 saturated carbocycles. The van der Waals surface area contributed by atoms with E-state index in [1.807, 2.05) is 0 Å². The van der Waals surface area contributed by atoms with Gasteiger partial charge < -0.3 is 15.6 Å². The quantitative estimate of drug-likeness (QED) is 0.535. The molecule has 16 heavy (non-hydrogen) atoms. The number of amides is 1. The third-order valence-corrected chi connectivity index (χ3v) is 2.50. The predicted molar refractivity (Wildman–Crippen MR) is 62.9 cm³/mol. The molecule has 3 N–H and O–H groups in total. The Balaban J connectivity index is 2.13. The molecule has 1 aliphatic heterocycles. The minimum Gasteiger partial charge on any atom is -0.363 e. The van der Waals surface area contributed by atoms with Crippen molar-refractivity contribution in [3.8, 4) is 0 Å². The second-order valence-electron chi connectivity index (χ2n) is 3.45. The Labute approximate surface area is 97.4 Å². The molecule has 2 rings (SSSR count). The fourth-order valence-electron chi connectivity index (χ4n) is 1.41. The van der Waals surface area contributed by atoms with Crippen molar-refractivity contribution < 1.29 is 4.79 Å². The number of hydrogen-bond acceptors (Lipinski definition) is 4. The molecule has 0 saturated heterocycles. The average molecular weight is 237 g/mol. The molecule has 6 heteroatoms. The van der Waals surface area contributed by atoms with E-state index in [-0.39, 0.29) is 17.0 Å². The molecule has 5 nitrogen and oxygen atoms in total. The van der Waals surface area contributed by atoms with Gasteiger partial charge in [0, 0.05) is 30.5 Å². The molecule has 1 aromatic heterocycles. The van der Waals surface area contributed by atoms with E-state index in [1.165, 1.54) is 6.07 Å². The molecule has 1 aliphatic rings. The predicted octanol–water partition coefficient (Wildman–Crippen LogP) is -0.266. The number of pyridine rings is 1. The fraction of sp³-hybridized carbons (Fsp3) is 0.200. The number of carbonyl (C=O) groups excluding carboxylic acids is 1. The van der Waals surface area contributed by atoms with Gasteiger partial charge in [0.25, 0.3) is 5.91 Å². The maximum absolute atomic E-state index is 11.5. The van der Waals surface area contributed by atoms with E-state index in [0.29, 0.717) is 12.0 Å². The Kier molecular flexibility index (Phi) is 3.00. The number of thiol groups is 1. The first-order valence-electron chi connectivity index (χ1n) is 4.77. The average Bonchev–Trinajstić information content (AvgIpc) is 2.25. The van der Waals surface area contributed by atoms with Crippen LogP contribution in [0.2, 0.25) is 0 Å². The van der Waals surface area contributed by atoms with Crippen LogP contribution in [0.25, 0.3) is 0 Å². The van der Waals surface area contributed by atoms with Gasteiger partial charge in [-0.05, 0) is 5.56 Å². The van der Waals surface area contributed by atoms with Gasteiger partial charge >= 0.3 is 0 Å². The molecule has 0 aliphatic carbocycles. The van der Waals surface area contributed by atoms with Gasteiger partial charge in [0.15, 0.2) is 0 Å². The normalized spacial score (nSPS) is 19.7. The fourth-order valence-corrected chi connectivity index (χ4v) is 1.60. The van der Waals surface area contributed by atoms with E-state index in [0.717, 1.165) is 5.56 Å². The van der Waals surface area contributed by atoms with Crippen LogP contribution in [0.5, 0.6) is 0 Å². The third kappa shape index (κ3) is 2.46. The molecular weight excluding hydrogens is 226 g/mol. The summed E-state index contributed by atoms with van der Waals surface area (Å²) >= 11 is 4.07. The lowest BCUT2D eigenvalue weighted by molar-refractivity contribution is -0.118. The number of H-pyrrole nitrogens is 1. The molecule has 1 atom stereocenters. The summed E-state index contributed by atoms with van der Waals surface area (Å²) in [5, 5.41) is 5.53. The van der Waals surface area contributed by atoms with E-state index in [1.54, 1.807) is 18.5 Å². The first-order chi connectivity index (χ1) is 7.65. The van der Waals surface area contributed by atoms with Gasteiger partial charge in [0.2, 0.25) is 5.56 Å². The molecule has 1 unspecified atom stereocenters. The van der Waals surface area contributed by atoms with E-state index in [4.69, 9.17) is 0 Å². The molecule has 0 aromatic carbocycles. The van der Waals surface area contributed by atoms with Crippen molar-refractivity contribution in [1.82, 2.24) is 15.6 Å². The van der Waals surface area contributed by atoms with Gasteiger partial charge in [-0.2, -0.15) is 0 Å². The standard InChI is InChI=1S/C10H11N3O2S/c14-8-2-1-6(4-11-8)3-7-5-12-10(16)13-9(7)15/h1-2,4-5,10,12,16H,3H2,(H,11,14)(H,13,15). The molecule has 1 aromatic rings. The minimum absolute atomic E-state index is 0.148. The van der Waals surface area contributed by atoms with E-state index in [9.17, 15) is 9.59 Å². The van der Waals surface area contributed by atoms with Gasteiger partial charge in [-0.25, -0.2) is 0 Å². The van der Waals surface area contributed by atoms with Crippen LogP contribution in [0.1, 0.15) is 5.56 Å². The van der Waals surface area contributed by atoms with E-state index < -0.39 is 0 Å². The van der Waals surface area contributed by atoms with Gasteiger partial charge in [-0.3, -0.25) is 9.59 Å². The summed E-state index contributed by atoms with van der Waals surface area (Å²) in [7, 11) is 0. The van der Waals surface area contributed by atoms with E-state index >= 15 is 0 Å². The highest BCUT2D eigenvalue weighted by molar-refractivity contribution is 7.80. The number of rotatable bonds is 2. The molecule has 0 bridgehead atoms. The maximum Gasteiger partial charge on any atom is 0.251 e. The summed E-state index contributed by atoms with van der Waals surface area (Å²) in [5.41, 5.74) is 0.990. The lowest BCUT2D eigenvalue weighted by Crippen LogP contribution is -2.44. The zero-order valence-corrected chi connectivity index (χ0v) is 9.25. The largest absolute Gasteiger partial charge is 0.363 e. The molecule has 0 radical (unpaired) electrons. The van der Waals surface area contributed by atoms with Crippen LogP contribution >= 0.6 is 12.6 Å². The first kappa shape index (κ1) is 10.8. The van der Waals surface area contributed by atoms with Gasteiger partial charge in [-0.1, -0.05) is 6.07 Å². The number of nitrogens with one attached hydrogen (secondary N) is 3. The van der Waals surface area contributed by atoms with Crippen molar-refractivity contribution in [2.75, 3.05) is 0 Å². The Morgan fingerprint density at radius 1 is 1.31 bits per heavy atom. The molecule has 0 fully saturated rings. The summed E-state index contributed by atoms with van der Waals surface area (Å²) < 4.78 is 0. The Bertz CT molecular complexity index is 475. The lowest BCUT2D eigenvalue weighted by Gasteiger charge is -2.20. The smallest absolute Gasteiger partial charge is 0.251 e. The van der Waals surface area contributed by atoms with Gasteiger partial charge in [0.1, 0.15) is 5.50 Å².